The molecule has 1 saturated heterocycles. The van der Waals surface area contributed by atoms with E-state index >= 15 is 0 Å². The van der Waals surface area contributed by atoms with Crippen LogP contribution in [0.1, 0.15) is 37.0 Å². The molecular formula is C17H20N2O4S2. The summed E-state index contributed by atoms with van der Waals surface area (Å²) in [6, 6.07) is 6.42. The van der Waals surface area contributed by atoms with Crippen LogP contribution >= 0.6 is 24.0 Å². The minimum absolute atomic E-state index is 0.115. The second kappa shape index (κ2) is 8.96. The number of hydrogen-bond acceptors (Lipinski definition) is 6. The summed E-state index contributed by atoms with van der Waals surface area (Å²) in [5.74, 6) is -0.885. The van der Waals surface area contributed by atoms with E-state index in [1.807, 2.05) is 6.92 Å². The Labute approximate surface area is 156 Å². The number of thioether (sulfide) groups is 1. The molecule has 0 aromatic heterocycles. The van der Waals surface area contributed by atoms with Crippen molar-refractivity contribution in [1.82, 2.24) is 4.90 Å². The van der Waals surface area contributed by atoms with E-state index in [0.29, 0.717) is 22.2 Å². The van der Waals surface area contributed by atoms with E-state index < -0.39 is 0 Å². The Morgan fingerprint density at radius 3 is 2.56 bits per heavy atom. The normalized spacial score (nSPS) is 16.9. The first-order chi connectivity index (χ1) is 11.9. The van der Waals surface area contributed by atoms with Gasteiger partial charge in [-0.1, -0.05) is 37.3 Å². The Morgan fingerprint density at radius 1 is 1.32 bits per heavy atom. The molecule has 1 heterocycles. The van der Waals surface area contributed by atoms with Gasteiger partial charge >= 0.3 is 5.97 Å². The number of thiocarbonyl (C=S) groups is 1. The Morgan fingerprint density at radius 2 is 2.00 bits per heavy atom. The van der Waals surface area contributed by atoms with Crippen LogP contribution in [-0.4, -0.2) is 45.4 Å². The van der Waals surface area contributed by atoms with Gasteiger partial charge in [-0.2, -0.15) is 0 Å². The van der Waals surface area contributed by atoms with Gasteiger partial charge in [-0.25, -0.2) is 4.79 Å². The second-order valence-corrected chi connectivity index (χ2v) is 7.54. The summed E-state index contributed by atoms with van der Waals surface area (Å²) in [6.45, 7) is 4.06. The summed E-state index contributed by atoms with van der Waals surface area (Å²) < 4.78 is 5.54. The van der Waals surface area contributed by atoms with Crippen LogP contribution in [0.15, 0.2) is 24.3 Å². The summed E-state index contributed by atoms with van der Waals surface area (Å²) >= 11 is 6.38. The van der Waals surface area contributed by atoms with Crippen LogP contribution in [0.3, 0.4) is 0 Å². The Hall–Kier alpha value is -1.93. The van der Waals surface area contributed by atoms with Crippen LogP contribution in [0.5, 0.6) is 0 Å². The number of anilines is 1. The highest BCUT2D eigenvalue weighted by Crippen LogP contribution is 2.26. The van der Waals surface area contributed by atoms with Gasteiger partial charge in [0.1, 0.15) is 10.9 Å². The molecule has 0 spiro atoms. The van der Waals surface area contributed by atoms with Gasteiger partial charge in [0.15, 0.2) is 0 Å². The van der Waals surface area contributed by atoms with Crippen LogP contribution in [0.2, 0.25) is 0 Å². The maximum atomic E-state index is 12.1. The molecule has 1 aliphatic heterocycles. The van der Waals surface area contributed by atoms with Gasteiger partial charge in [0.2, 0.25) is 11.8 Å². The van der Waals surface area contributed by atoms with Crippen molar-refractivity contribution in [2.45, 2.75) is 31.9 Å². The fraction of sp³-hybridized carbons (Fsp3) is 0.412. The number of nitrogens with one attached hydrogen (secondary N) is 1. The van der Waals surface area contributed by atoms with Crippen molar-refractivity contribution in [3.8, 4) is 0 Å². The van der Waals surface area contributed by atoms with E-state index in [0.717, 1.165) is 12.8 Å². The molecule has 1 atom stereocenters. The molecule has 0 bridgehead atoms. The molecule has 1 N–H and O–H groups in total. The molecule has 1 aromatic rings. The predicted octanol–water partition coefficient (Wildman–Crippen LogP) is 2.83. The highest BCUT2D eigenvalue weighted by atomic mass is 32.2. The molecule has 1 unspecified atom stereocenters. The number of nitrogens with zero attached hydrogens (tertiary/aromatic N) is 1. The molecule has 2 amide bonds. The van der Waals surface area contributed by atoms with E-state index in [-0.39, 0.29) is 29.6 Å². The van der Waals surface area contributed by atoms with Crippen LogP contribution in [0.25, 0.3) is 0 Å². The molecule has 6 nitrogen and oxygen atoms in total. The smallest absolute Gasteiger partial charge is 0.338 e. The number of carbonyl (C=O) groups excluding carboxylic acids is 3. The van der Waals surface area contributed by atoms with Crippen molar-refractivity contribution >= 4 is 51.8 Å². The topological polar surface area (TPSA) is 75.7 Å². The zero-order valence-electron chi connectivity index (χ0n) is 14.1. The third-order valence-corrected chi connectivity index (χ3v) is 5.04. The van der Waals surface area contributed by atoms with Crippen molar-refractivity contribution < 1.29 is 19.1 Å². The molecule has 0 aliphatic carbocycles. The van der Waals surface area contributed by atoms with Gasteiger partial charge in [-0.15, -0.1) is 0 Å². The van der Waals surface area contributed by atoms with Crippen molar-refractivity contribution in [2.24, 2.45) is 0 Å². The van der Waals surface area contributed by atoms with Crippen molar-refractivity contribution in [1.29, 1.82) is 0 Å². The Kier molecular flexibility index (Phi) is 6.95. The first-order valence-corrected chi connectivity index (χ1v) is 9.30. The maximum absolute atomic E-state index is 12.1. The highest BCUT2D eigenvalue weighted by Gasteiger charge is 2.34. The summed E-state index contributed by atoms with van der Waals surface area (Å²) in [6.07, 6.45) is 1.78. The number of unbranched alkanes of at least 4 members (excludes halogenated alkanes) is 1. The number of amides is 2. The molecule has 8 heteroatoms. The lowest BCUT2D eigenvalue weighted by atomic mass is 10.2. The van der Waals surface area contributed by atoms with Crippen molar-refractivity contribution in [2.75, 3.05) is 18.5 Å². The van der Waals surface area contributed by atoms with Crippen molar-refractivity contribution in [3.63, 3.8) is 0 Å². The molecule has 134 valence electrons. The molecule has 25 heavy (non-hydrogen) atoms. The third-order valence-electron chi connectivity index (χ3n) is 3.55. The van der Waals surface area contributed by atoms with Gasteiger partial charge in [-0.3, -0.25) is 14.5 Å². The fourth-order valence-corrected chi connectivity index (χ4v) is 3.54. The zero-order chi connectivity index (χ0) is 18.4. The fourth-order valence-electron chi connectivity index (χ4n) is 2.14. The quantitative estimate of drug-likeness (QED) is 0.445. The summed E-state index contributed by atoms with van der Waals surface area (Å²) in [5.41, 5.74) is 0.962. The van der Waals surface area contributed by atoms with Gasteiger partial charge in [0.25, 0.3) is 0 Å². The summed E-state index contributed by atoms with van der Waals surface area (Å²) in [5, 5.41) is 2.44. The molecule has 0 saturated carbocycles. The lowest BCUT2D eigenvalue weighted by Crippen LogP contribution is -2.37. The lowest BCUT2D eigenvalue weighted by Gasteiger charge is -2.15. The van der Waals surface area contributed by atoms with E-state index in [1.165, 1.54) is 16.7 Å². The highest BCUT2D eigenvalue weighted by molar-refractivity contribution is 8.24. The van der Waals surface area contributed by atoms with Crippen LogP contribution < -0.4 is 5.32 Å². The molecule has 1 fully saturated rings. The van der Waals surface area contributed by atoms with Crippen LogP contribution in [0.4, 0.5) is 5.69 Å². The van der Waals surface area contributed by atoms with Crippen LogP contribution in [-0.2, 0) is 14.3 Å². The monoisotopic (exact) mass is 380 g/mol. The van der Waals surface area contributed by atoms with E-state index in [2.05, 4.69) is 5.32 Å². The van der Waals surface area contributed by atoms with Gasteiger partial charge in [0.05, 0.1) is 17.4 Å². The minimum atomic E-state index is -0.384. The molecule has 2 rings (SSSR count). The molecule has 1 aliphatic rings. The molecule has 0 radical (unpaired) electrons. The lowest BCUT2D eigenvalue weighted by molar-refractivity contribution is -0.129. The number of hydrogen-bond donors (Lipinski definition) is 1. The Balaban J connectivity index is 1.88. The predicted molar refractivity (Wildman–Crippen MR) is 102 cm³/mol. The van der Waals surface area contributed by atoms with E-state index in [1.54, 1.807) is 31.2 Å². The first kappa shape index (κ1) is 19.4. The Bertz CT molecular complexity index is 676. The average Bonchev–Trinajstić information content (AvgIpc) is 2.82. The zero-order valence-corrected chi connectivity index (χ0v) is 15.7. The largest absolute Gasteiger partial charge is 0.462 e. The molecule has 1 aromatic carbocycles. The number of esters is 1. The number of benzene rings is 1. The maximum Gasteiger partial charge on any atom is 0.338 e. The number of rotatable bonds is 7. The third kappa shape index (κ3) is 5.27. The number of ether oxygens (including phenoxy) is 1. The second-order valence-electron chi connectivity index (χ2n) is 5.57. The molecular weight excluding hydrogens is 360 g/mol. The number of carbonyl (C=O) groups is 3. The summed E-state index contributed by atoms with van der Waals surface area (Å²) in [7, 11) is 0. The standard InChI is InChI=1S/C17H20N2O4S2/c1-3-4-9-23-16(22)12-5-7-13(8-6-12)18-14(20)10-19-15(21)11(2)25-17(19)24/h5-8,11H,3-4,9-10H2,1-2H3,(H,18,20). The SMILES string of the molecule is CCCCOC(=O)c1ccc(NC(=O)CN2C(=O)C(C)SC2=S)cc1. The van der Waals surface area contributed by atoms with Gasteiger partial charge in [0, 0.05) is 5.69 Å². The average molecular weight is 380 g/mol. The van der Waals surface area contributed by atoms with E-state index in [4.69, 9.17) is 17.0 Å². The van der Waals surface area contributed by atoms with Crippen LogP contribution in [0, 0.1) is 0 Å². The van der Waals surface area contributed by atoms with Gasteiger partial charge < -0.3 is 10.1 Å². The van der Waals surface area contributed by atoms with Gasteiger partial charge in [-0.05, 0) is 37.6 Å². The minimum Gasteiger partial charge on any atom is -0.462 e. The van der Waals surface area contributed by atoms with E-state index in [9.17, 15) is 14.4 Å². The first-order valence-electron chi connectivity index (χ1n) is 8.01. The van der Waals surface area contributed by atoms with Crippen molar-refractivity contribution in [3.05, 3.63) is 29.8 Å². The summed E-state index contributed by atoms with van der Waals surface area (Å²) in [4.78, 5) is 37.1.